The molecule has 1 N–H and O–H groups in total. The quantitative estimate of drug-likeness (QED) is 0.756. The molecule has 2 aromatic rings. The number of carbonyl (C=O) groups is 2. The molecule has 8 nitrogen and oxygen atoms in total. The predicted octanol–water partition coefficient (Wildman–Crippen LogP) is 2.33. The van der Waals surface area contributed by atoms with E-state index in [1.54, 1.807) is 10.7 Å². The largest absolute Gasteiger partial charge is 0.328 e. The minimum Gasteiger partial charge on any atom is -0.296 e. The molecule has 0 saturated carbocycles. The Morgan fingerprint density at radius 3 is 2.77 bits per heavy atom. The number of amides is 3. The molecule has 0 radical (unpaired) electrons. The molecule has 0 bridgehead atoms. The van der Waals surface area contributed by atoms with Crippen LogP contribution in [0.4, 0.5) is 19.3 Å². The van der Waals surface area contributed by atoms with Gasteiger partial charge >= 0.3 is 6.03 Å². The molecule has 2 aliphatic heterocycles. The first-order chi connectivity index (χ1) is 14.8. The number of alkyl halides is 2. The van der Waals surface area contributed by atoms with Gasteiger partial charge in [-0.15, -0.1) is 0 Å². The maximum absolute atomic E-state index is 13.8. The van der Waals surface area contributed by atoms with Crippen LogP contribution in [-0.4, -0.2) is 76.0 Å². The van der Waals surface area contributed by atoms with Crippen LogP contribution in [0.2, 0.25) is 0 Å². The molecule has 1 atom stereocenters. The standard InChI is InChI=1S/C21H28F2N6O2/c1-3-21(22,23)14-27-9-8-26(12-15(27)2)13-16-4-7-29-17(10-16)18(11-24-29)28-6-5-19(30)25-20(28)31/h4,7,10-11,15H,3,5-6,8-9,12-14H2,1-2H3,(H,25,30,31)/t15-/m0/s1. The van der Waals surface area contributed by atoms with Crippen LogP contribution >= 0.6 is 0 Å². The van der Waals surface area contributed by atoms with Crippen LogP contribution in [0, 0.1) is 0 Å². The monoisotopic (exact) mass is 434 g/mol. The van der Waals surface area contributed by atoms with Gasteiger partial charge in [0.1, 0.15) is 0 Å². The van der Waals surface area contributed by atoms with Gasteiger partial charge in [0.2, 0.25) is 5.91 Å². The molecule has 2 aromatic heterocycles. The summed E-state index contributed by atoms with van der Waals surface area (Å²) in [5.74, 6) is -2.92. The molecule has 2 saturated heterocycles. The summed E-state index contributed by atoms with van der Waals surface area (Å²) < 4.78 is 29.3. The molecule has 0 spiro atoms. The lowest BCUT2D eigenvalue weighted by molar-refractivity contribution is -0.120. The summed E-state index contributed by atoms with van der Waals surface area (Å²) >= 11 is 0. The summed E-state index contributed by atoms with van der Waals surface area (Å²) in [5, 5.41) is 6.65. The molecular formula is C21H28F2N6O2. The lowest BCUT2D eigenvalue weighted by Gasteiger charge is -2.41. The number of hydrogen-bond donors (Lipinski definition) is 1. The highest BCUT2D eigenvalue weighted by Gasteiger charge is 2.34. The van der Waals surface area contributed by atoms with Gasteiger partial charge in [0, 0.05) is 57.8 Å². The minimum absolute atomic E-state index is 0.0509. The van der Waals surface area contributed by atoms with E-state index in [9.17, 15) is 18.4 Å². The van der Waals surface area contributed by atoms with Crippen LogP contribution in [0.1, 0.15) is 32.3 Å². The zero-order valence-electron chi connectivity index (χ0n) is 17.9. The zero-order valence-corrected chi connectivity index (χ0v) is 17.9. The predicted molar refractivity (Wildman–Crippen MR) is 112 cm³/mol. The first-order valence-electron chi connectivity index (χ1n) is 10.7. The van der Waals surface area contributed by atoms with Crippen molar-refractivity contribution in [2.24, 2.45) is 0 Å². The third kappa shape index (κ3) is 4.69. The van der Waals surface area contributed by atoms with Crippen LogP contribution in [0.5, 0.6) is 0 Å². The number of imide groups is 1. The molecule has 4 rings (SSSR count). The third-order valence-corrected chi connectivity index (χ3v) is 6.12. The van der Waals surface area contributed by atoms with Gasteiger partial charge in [0.05, 0.1) is 23.9 Å². The molecule has 4 heterocycles. The molecule has 0 aromatic carbocycles. The Balaban J connectivity index is 1.45. The molecule has 31 heavy (non-hydrogen) atoms. The van der Waals surface area contributed by atoms with Crippen LogP contribution < -0.4 is 10.2 Å². The van der Waals surface area contributed by atoms with E-state index in [1.165, 1.54) is 11.8 Å². The fraction of sp³-hybridized carbons (Fsp3) is 0.571. The molecule has 2 aliphatic rings. The normalized spacial score (nSPS) is 21.7. The van der Waals surface area contributed by atoms with E-state index >= 15 is 0 Å². The average molecular weight is 434 g/mol. The number of rotatable bonds is 6. The molecule has 0 aliphatic carbocycles. The van der Waals surface area contributed by atoms with Gasteiger partial charge in [-0.05, 0) is 24.6 Å². The van der Waals surface area contributed by atoms with Gasteiger partial charge in [0.25, 0.3) is 5.92 Å². The highest BCUT2D eigenvalue weighted by Crippen LogP contribution is 2.26. The number of carbonyl (C=O) groups excluding carboxylic acids is 2. The second-order valence-electron chi connectivity index (χ2n) is 8.41. The van der Waals surface area contributed by atoms with Crippen molar-refractivity contribution in [2.75, 3.05) is 37.6 Å². The number of urea groups is 1. The zero-order chi connectivity index (χ0) is 22.2. The molecular weight excluding hydrogens is 406 g/mol. The molecule has 3 amide bonds. The van der Waals surface area contributed by atoms with Gasteiger partial charge in [-0.2, -0.15) is 5.10 Å². The van der Waals surface area contributed by atoms with E-state index in [4.69, 9.17) is 0 Å². The number of piperazine rings is 1. The Kier molecular flexibility index (Phi) is 5.94. The van der Waals surface area contributed by atoms with Crippen molar-refractivity contribution in [1.29, 1.82) is 0 Å². The third-order valence-electron chi connectivity index (χ3n) is 6.12. The summed E-state index contributed by atoms with van der Waals surface area (Å²) in [6.07, 6.45) is 3.59. The van der Waals surface area contributed by atoms with Gasteiger partial charge < -0.3 is 0 Å². The average Bonchev–Trinajstić information content (AvgIpc) is 3.13. The second-order valence-corrected chi connectivity index (χ2v) is 8.41. The molecule has 168 valence electrons. The maximum atomic E-state index is 13.8. The maximum Gasteiger partial charge on any atom is 0.328 e. The van der Waals surface area contributed by atoms with E-state index in [0.29, 0.717) is 31.9 Å². The highest BCUT2D eigenvalue weighted by atomic mass is 19.3. The number of hydrogen-bond acceptors (Lipinski definition) is 5. The second kappa shape index (κ2) is 8.51. The lowest BCUT2D eigenvalue weighted by atomic mass is 10.1. The van der Waals surface area contributed by atoms with Gasteiger partial charge in [-0.1, -0.05) is 6.92 Å². The van der Waals surface area contributed by atoms with E-state index < -0.39 is 12.0 Å². The summed E-state index contributed by atoms with van der Waals surface area (Å²) in [6.45, 7) is 6.38. The van der Waals surface area contributed by atoms with Gasteiger partial charge in [-0.3, -0.25) is 24.8 Å². The lowest BCUT2D eigenvalue weighted by Crippen LogP contribution is -2.54. The molecule has 0 unspecified atom stereocenters. The van der Waals surface area contributed by atoms with E-state index in [2.05, 4.69) is 15.3 Å². The van der Waals surface area contributed by atoms with Crippen LogP contribution in [0.3, 0.4) is 0 Å². The van der Waals surface area contributed by atoms with Crippen molar-refractivity contribution in [1.82, 2.24) is 24.7 Å². The molecule has 10 heteroatoms. The molecule has 2 fully saturated rings. The van der Waals surface area contributed by atoms with Crippen molar-refractivity contribution in [3.63, 3.8) is 0 Å². The highest BCUT2D eigenvalue weighted by molar-refractivity contribution is 6.07. The number of anilines is 1. The van der Waals surface area contributed by atoms with Gasteiger partial charge in [0.15, 0.2) is 0 Å². The van der Waals surface area contributed by atoms with Crippen LogP contribution in [0.25, 0.3) is 5.52 Å². The summed E-state index contributed by atoms with van der Waals surface area (Å²) in [4.78, 5) is 29.3. The van der Waals surface area contributed by atoms with E-state index in [1.807, 2.05) is 30.2 Å². The van der Waals surface area contributed by atoms with Gasteiger partial charge in [-0.25, -0.2) is 18.1 Å². The smallest absolute Gasteiger partial charge is 0.296 e. The van der Waals surface area contributed by atoms with Crippen molar-refractivity contribution in [3.8, 4) is 0 Å². The fourth-order valence-corrected chi connectivity index (χ4v) is 4.23. The number of halogens is 2. The Labute approximate surface area is 179 Å². The van der Waals surface area contributed by atoms with Crippen molar-refractivity contribution < 1.29 is 18.4 Å². The first-order valence-corrected chi connectivity index (χ1v) is 10.7. The SMILES string of the molecule is CCC(F)(F)CN1CCN(Cc2ccn3ncc(N4CCC(=O)NC4=O)c3c2)C[C@@H]1C. The summed E-state index contributed by atoms with van der Waals surface area (Å²) in [6, 6.07) is 3.58. The number of aromatic nitrogens is 2. The van der Waals surface area contributed by atoms with Crippen LogP contribution in [-0.2, 0) is 11.3 Å². The first kappa shape index (κ1) is 21.6. The van der Waals surface area contributed by atoms with E-state index in [0.717, 1.165) is 17.6 Å². The number of fused-ring (bicyclic) bond motifs is 1. The number of nitrogens with one attached hydrogen (secondary N) is 1. The van der Waals surface area contributed by atoms with Crippen LogP contribution in [0.15, 0.2) is 24.5 Å². The minimum atomic E-state index is -2.65. The Bertz CT molecular complexity index is 978. The topological polar surface area (TPSA) is 73.2 Å². The van der Waals surface area contributed by atoms with Crippen molar-refractivity contribution in [3.05, 3.63) is 30.1 Å². The number of nitrogens with zero attached hydrogens (tertiary/aromatic N) is 5. The Morgan fingerprint density at radius 1 is 1.26 bits per heavy atom. The van der Waals surface area contributed by atoms with E-state index in [-0.39, 0.29) is 31.3 Å². The fourth-order valence-electron chi connectivity index (χ4n) is 4.23. The Hall–Kier alpha value is -2.59. The Morgan fingerprint density at radius 2 is 2.06 bits per heavy atom. The number of pyridine rings is 1. The summed E-state index contributed by atoms with van der Waals surface area (Å²) in [7, 11) is 0. The summed E-state index contributed by atoms with van der Waals surface area (Å²) in [5.41, 5.74) is 2.50. The van der Waals surface area contributed by atoms with Crippen molar-refractivity contribution >= 4 is 23.1 Å². The van der Waals surface area contributed by atoms with Crippen molar-refractivity contribution in [2.45, 2.75) is 45.2 Å².